The molecular weight excluding hydrogens is 251 g/mol. The Balaban J connectivity index is 3.60. The van der Waals surface area contributed by atoms with E-state index in [4.69, 9.17) is 10.7 Å². The third-order valence-electron chi connectivity index (χ3n) is 1.33. The zero-order valence-corrected chi connectivity index (χ0v) is 7.66. The quantitative estimate of drug-likeness (QED) is 0.325. The summed E-state index contributed by atoms with van der Waals surface area (Å²) in [5.41, 5.74) is 0. The molecular formula is C6ClF5OS. The van der Waals surface area contributed by atoms with E-state index in [1.807, 2.05) is 0 Å². The molecule has 1 atom stereocenters. The van der Waals surface area contributed by atoms with Crippen molar-refractivity contribution in [2.75, 3.05) is 0 Å². The number of hydrogen-bond acceptors (Lipinski definition) is 1. The van der Waals surface area contributed by atoms with Gasteiger partial charge in [-0.1, -0.05) is 0 Å². The van der Waals surface area contributed by atoms with Crippen LogP contribution in [-0.2, 0) is 10.4 Å². The first-order valence-corrected chi connectivity index (χ1v) is 4.95. The van der Waals surface area contributed by atoms with Gasteiger partial charge in [0, 0.05) is 0 Å². The molecule has 0 N–H and O–H groups in total. The van der Waals surface area contributed by atoms with E-state index >= 15 is 0 Å². The molecule has 14 heavy (non-hydrogen) atoms. The van der Waals surface area contributed by atoms with Crippen LogP contribution in [0.3, 0.4) is 0 Å². The van der Waals surface area contributed by atoms with Gasteiger partial charge < -0.3 is 4.55 Å². The summed E-state index contributed by atoms with van der Waals surface area (Å²) in [6, 6.07) is 0. The average Bonchev–Trinajstić information content (AvgIpc) is 2.11. The number of rotatable bonds is 1. The summed E-state index contributed by atoms with van der Waals surface area (Å²) >= 11 is 0. The molecule has 0 heterocycles. The van der Waals surface area contributed by atoms with Gasteiger partial charge in [-0.25, -0.2) is 13.2 Å². The lowest BCUT2D eigenvalue weighted by molar-refractivity contribution is 0.358. The standard InChI is InChI=1S/C6ClF5OS/c7-14(13)6-4(11)2(9)1(8)3(10)5(6)12. The lowest BCUT2D eigenvalue weighted by Gasteiger charge is -2.05. The van der Waals surface area contributed by atoms with Crippen LogP contribution in [0.4, 0.5) is 22.0 Å². The molecule has 0 saturated heterocycles. The van der Waals surface area contributed by atoms with Gasteiger partial charge in [-0.3, -0.25) is 0 Å². The molecule has 1 aromatic rings. The molecule has 0 aliphatic carbocycles. The zero-order chi connectivity index (χ0) is 11.0. The molecule has 0 fully saturated rings. The third kappa shape index (κ3) is 1.67. The van der Waals surface area contributed by atoms with Crippen LogP contribution in [-0.4, -0.2) is 4.55 Å². The highest BCUT2D eigenvalue weighted by Gasteiger charge is 2.32. The van der Waals surface area contributed by atoms with Crippen molar-refractivity contribution >= 4 is 21.1 Å². The number of halogens is 6. The van der Waals surface area contributed by atoms with E-state index in [1.54, 1.807) is 0 Å². The minimum absolute atomic E-state index is 1.54. The predicted octanol–water partition coefficient (Wildman–Crippen LogP) is 2.64. The molecule has 1 aromatic carbocycles. The fourth-order valence-electron chi connectivity index (χ4n) is 0.726. The van der Waals surface area contributed by atoms with Crippen molar-refractivity contribution < 1.29 is 26.5 Å². The van der Waals surface area contributed by atoms with Gasteiger partial charge in [0.15, 0.2) is 10.7 Å². The molecule has 1 nitrogen and oxygen atoms in total. The summed E-state index contributed by atoms with van der Waals surface area (Å²) in [4.78, 5) is -1.54. The third-order valence-corrected chi connectivity index (χ3v) is 2.47. The summed E-state index contributed by atoms with van der Waals surface area (Å²) in [5, 5.41) is 0. The van der Waals surface area contributed by atoms with Crippen molar-refractivity contribution in [3.8, 4) is 0 Å². The van der Waals surface area contributed by atoms with E-state index in [0.29, 0.717) is 0 Å². The van der Waals surface area contributed by atoms with Crippen LogP contribution in [0.15, 0.2) is 4.90 Å². The van der Waals surface area contributed by atoms with Gasteiger partial charge in [-0.15, -0.1) is 0 Å². The second-order valence-electron chi connectivity index (χ2n) is 2.12. The summed E-state index contributed by atoms with van der Waals surface area (Å²) < 4.78 is 73.0. The molecule has 0 spiro atoms. The predicted molar refractivity (Wildman–Crippen MR) is 38.5 cm³/mol. The Labute approximate surface area is 82.2 Å². The Morgan fingerprint density at radius 2 is 1.07 bits per heavy atom. The topological polar surface area (TPSA) is 23.1 Å². The smallest absolute Gasteiger partial charge is 0.250 e. The van der Waals surface area contributed by atoms with Crippen molar-refractivity contribution in [1.82, 2.24) is 0 Å². The van der Waals surface area contributed by atoms with Crippen LogP contribution < -0.4 is 0 Å². The van der Waals surface area contributed by atoms with Gasteiger partial charge in [0.2, 0.25) is 34.0 Å². The van der Waals surface area contributed by atoms with Crippen LogP contribution in [0.2, 0.25) is 0 Å². The number of hydrogen-bond donors (Lipinski definition) is 0. The van der Waals surface area contributed by atoms with E-state index in [2.05, 4.69) is 0 Å². The Morgan fingerprint density at radius 1 is 0.786 bits per heavy atom. The highest BCUT2D eigenvalue weighted by Crippen LogP contribution is 2.28. The molecule has 0 aliphatic heterocycles. The van der Waals surface area contributed by atoms with E-state index in [0.717, 1.165) is 0 Å². The molecule has 0 amide bonds. The second kappa shape index (κ2) is 3.92. The van der Waals surface area contributed by atoms with Crippen molar-refractivity contribution in [1.29, 1.82) is 0 Å². The van der Waals surface area contributed by atoms with E-state index in [1.165, 1.54) is 0 Å². The first-order chi connectivity index (χ1) is 6.37. The molecule has 1 unspecified atom stereocenters. The molecule has 0 bridgehead atoms. The molecule has 78 valence electrons. The molecule has 1 rings (SSSR count). The second-order valence-corrected chi connectivity index (χ2v) is 3.82. The van der Waals surface area contributed by atoms with Crippen LogP contribution in [0.25, 0.3) is 0 Å². The Kier molecular flexibility index (Phi) is 3.23. The van der Waals surface area contributed by atoms with Crippen LogP contribution in [0.1, 0.15) is 0 Å². The van der Waals surface area contributed by atoms with Gasteiger partial charge >= 0.3 is 0 Å². The van der Waals surface area contributed by atoms with E-state index in [9.17, 15) is 26.5 Å². The molecule has 0 radical (unpaired) electrons. The Morgan fingerprint density at radius 3 is 1.36 bits per heavy atom. The minimum Gasteiger partial charge on any atom is -0.594 e. The summed E-state index contributed by atoms with van der Waals surface area (Å²) in [5.74, 6) is -11.0. The molecule has 0 saturated carbocycles. The van der Waals surface area contributed by atoms with Gasteiger partial charge in [-0.2, -0.15) is 8.78 Å². The Bertz CT molecular complexity index is 354. The monoisotopic (exact) mass is 250 g/mol. The van der Waals surface area contributed by atoms with Crippen LogP contribution in [0, 0.1) is 29.1 Å². The van der Waals surface area contributed by atoms with Crippen LogP contribution >= 0.6 is 10.7 Å². The summed E-state index contributed by atoms with van der Waals surface area (Å²) in [6.45, 7) is 0. The molecule has 0 aliphatic rings. The van der Waals surface area contributed by atoms with Gasteiger partial charge in [0.25, 0.3) is 0 Å². The average molecular weight is 251 g/mol. The largest absolute Gasteiger partial charge is 0.594 e. The fraction of sp³-hybridized carbons (Fsp3) is 0. The molecule has 8 heteroatoms. The van der Waals surface area contributed by atoms with Crippen molar-refractivity contribution in [3.63, 3.8) is 0 Å². The lowest BCUT2D eigenvalue weighted by atomic mass is 10.3. The highest BCUT2D eigenvalue weighted by atomic mass is 35.7. The maximum atomic E-state index is 12.7. The lowest BCUT2D eigenvalue weighted by Crippen LogP contribution is -2.09. The fourth-order valence-corrected chi connectivity index (χ4v) is 1.59. The van der Waals surface area contributed by atoms with Crippen molar-refractivity contribution in [2.24, 2.45) is 0 Å². The van der Waals surface area contributed by atoms with Gasteiger partial charge in [-0.05, 0) is 0 Å². The maximum absolute atomic E-state index is 12.7. The normalized spacial score (nSPS) is 13.1. The van der Waals surface area contributed by atoms with Crippen molar-refractivity contribution in [2.45, 2.75) is 4.90 Å². The number of benzene rings is 1. The van der Waals surface area contributed by atoms with Gasteiger partial charge in [0.1, 0.15) is 10.4 Å². The minimum atomic E-state index is -2.81. The highest BCUT2D eigenvalue weighted by molar-refractivity contribution is 8.13. The van der Waals surface area contributed by atoms with Crippen LogP contribution in [0.5, 0.6) is 0 Å². The zero-order valence-electron chi connectivity index (χ0n) is 6.08. The first kappa shape index (κ1) is 11.5. The Hall–Kier alpha value is -0.530. The van der Waals surface area contributed by atoms with Crippen molar-refractivity contribution in [3.05, 3.63) is 29.1 Å². The molecule has 0 aromatic heterocycles. The summed E-state index contributed by atoms with van der Waals surface area (Å²) in [7, 11) is 1.94. The summed E-state index contributed by atoms with van der Waals surface area (Å²) in [6.07, 6.45) is 0. The van der Waals surface area contributed by atoms with E-state index in [-0.39, 0.29) is 0 Å². The maximum Gasteiger partial charge on any atom is 0.250 e. The van der Waals surface area contributed by atoms with E-state index < -0.39 is 44.4 Å². The SMILES string of the molecule is [O-][S+](Cl)c1c(F)c(F)c(F)c(F)c1F. The van der Waals surface area contributed by atoms with Gasteiger partial charge in [0.05, 0.1) is 0 Å². The first-order valence-electron chi connectivity index (χ1n) is 2.97.